The molecule has 0 N–H and O–H groups in total. The van der Waals surface area contributed by atoms with E-state index in [0.717, 1.165) is 12.4 Å². The first-order valence-corrected chi connectivity index (χ1v) is 4.89. The van der Waals surface area contributed by atoms with Crippen molar-refractivity contribution in [1.82, 2.24) is 0 Å². The van der Waals surface area contributed by atoms with E-state index in [0.29, 0.717) is 5.92 Å². The summed E-state index contributed by atoms with van der Waals surface area (Å²) in [6.45, 7) is 9.29. The van der Waals surface area contributed by atoms with E-state index in [1.54, 1.807) is 0 Å². The maximum atomic E-state index is 5.53. The van der Waals surface area contributed by atoms with E-state index in [9.17, 15) is 0 Å². The van der Waals surface area contributed by atoms with Crippen LogP contribution in [0.5, 0.6) is 5.75 Å². The van der Waals surface area contributed by atoms with E-state index in [1.165, 1.54) is 11.1 Å². The van der Waals surface area contributed by atoms with E-state index < -0.39 is 0 Å². The van der Waals surface area contributed by atoms with Crippen molar-refractivity contribution in [3.05, 3.63) is 29.3 Å². The largest absolute Gasteiger partial charge is 0.494 e. The van der Waals surface area contributed by atoms with Crippen molar-refractivity contribution in [3.63, 3.8) is 0 Å². The van der Waals surface area contributed by atoms with Gasteiger partial charge in [-0.15, -0.1) is 0 Å². The van der Waals surface area contributed by atoms with Crippen LogP contribution in [0.2, 0.25) is 0 Å². The highest BCUT2D eigenvalue weighted by atomic mass is 16.5. The van der Waals surface area contributed by atoms with Crippen LogP contribution >= 0.6 is 0 Å². The van der Waals surface area contributed by atoms with Crippen LogP contribution < -0.4 is 4.74 Å². The number of ether oxygens (including phenoxy) is 1. The van der Waals surface area contributed by atoms with Gasteiger partial charge < -0.3 is 4.74 Å². The summed E-state index contributed by atoms with van der Waals surface area (Å²) in [5, 5.41) is 0. The Morgan fingerprint density at radius 1 is 1.31 bits per heavy atom. The number of hydrogen-bond acceptors (Lipinski definition) is 1. The molecule has 0 saturated heterocycles. The second-order valence-corrected chi connectivity index (χ2v) is 3.56. The van der Waals surface area contributed by atoms with Crippen LogP contribution in [0, 0.1) is 6.92 Å². The lowest BCUT2D eigenvalue weighted by Gasteiger charge is -2.13. The third-order valence-corrected chi connectivity index (χ3v) is 2.25. The molecule has 0 aromatic heterocycles. The minimum atomic E-state index is 0.570. The molecule has 0 fully saturated rings. The molecule has 13 heavy (non-hydrogen) atoms. The van der Waals surface area contributed by atoms with Gasteiger partial charge in [-0.05, 0) is 37.0 Å². The Bertz CT molecular complexity index is 276. The van der Waals surface area contributed by atoms with E-state index in [4.69, 9.17) is 4.74 Å². The van der Waals surface area contributed by atoms with Gasteiger partial charge in [0.25, 0.3) is 0 Å². The third-order valence-electron chi connectivity index (χ3n) is 2.25. The van der Waals surface area contributed by atoms with Gasteiger partial charge in [-0.3, -0.25) is 0 Å². The van der Waals surface area contributed by atoms with Crippen LogP contribution in [0.3, 0.4) is 0 Å². The van der Waals surface area contributed by atoms with Gasteiger partial charge in [0.05, 0.1) is 6.61 Å². The minimum Gasteiger partial charge on any atom is -0.494 e. The molecule has 1 rings (SSSR count). The van der Waals surface area contributed by atoms with Gasteiger partial charge in [0.2, 0.25) is 0 Å². The van der Waals surface area contributed by atoms with Gasteiger partial charge in [0.1, 0.15) is 5.75 Å². The standard InChI is InChI=1S/C12H18O/c1-5-13-12-8-6-7-11(9(2)3)10(12)4/h6-9H,5H2,1-4H3. The van der Waals surface area contributed by atoms with E-state index >= 15 is 0 Å². The van der Waals surface area contributed by atoms with Crippen LogP contribution in [0.25, 0.3) is 0 Å². The van der Waals surface area contributed by atoms with Crippen LogP contribution in [-0.2, 0) is 0 Å². The molecule has 1 nitrogen and oxygen atoms in total. The van der Waals surface area contributed by atoms with E-state index in [-0.39, 0.29) is 0 Å². The molecule has 0 bridgehead atoms. The summed E-state index contributed by atoms with van der Waals surface area (Å²) in [4.78, 5) is 0. The Balaban J connectivity index is 3.03. The Hall–Kier alpha value is -0.980. The quantitative estimate of drug-likeness (QED) is 0.688. The van der Waals surface area contributed by atoms with Gasteiger partial charge in [-0.2, -0.15) is 0 Å². The van der Waals surface area contributed by atoms with Crippen LogP contribution in [0.1, 0.15) is 37.8 Å². The lowest BCUT2D eigenvalue weighted by atomic mass is 9.97. The average molecular weight is 178 g/mol. The molecule has 0 atom stereocenters. The molecule has 72 valence electrons. The average Bonchev–Trinajstić information content (AvgIpc) is 2.08. The highest BCUT2D eigenvalue weighted by molar-refractivity contribution is 5.40. The van der Waals surface area contributed by atoms with E-state index in [1.807, 2.05) is 13.0 Å². The van der Waals surface area contributed by atoms with Crippen molar-refractivity contribution >= 4 is 0 Å². The molecule has 1 aromatic carbocycles. The van der Waals surface area contributed by atoms with Gasteiger partial charge >= 0.3 is 0 Å². The molecule has 0 radical (unpaired) electrons. The molecule has 0 aliphatic carbocycles. The lowest BCUT2D eigenvalue weighted by molar-refractivity contribution is 0.337. The highest BCUT2D eigenvalue weighted by Gasteiger charge is 2.06. The lowest BCUT2D eigenvalue weighted by Crippen LogP contribution is -1.98. The Kier molecular flexibility index (Phi) is 3.35. The van der Waals surface area contributed by atoms with Crippen LogP contribution in [0.4, 0.5) is 0 Å². The number of rotatable bonds is 3. The molecular weight excluding hydrogens is 160 g/mol. The first-order chi connectivity index (χ1) is 6.16. The Morgan fingerprint density at radius 2 is 2.00 bits per heavy atom. The summed E-state index contributed by atoms with van der Waals surface area (Å²) in [6.07, 6.45) is 0. The van der Waals surface area contributed by atoms with Crippen molar-refractivity contribution in [2.75, 3.05) is 6.61 Å². The molecule has 0 aliphatic rings. The second-order valence-electron chi connectivity index (χ2n) is 3.56. The van der Waals surface area contributed by atoms with Gasteiger partial charge in [0, 0.05) is 0 Å². The highest BCUT2D eigenvalue weighted by Crippen LogP contribution is 2.26. The first kappa shape index (κ1) is 10.1. The third kappa shape index (κ3) is 2.24. The maximum absolute atomic E-state index is 5.53. The van der Waals surface area contributed by atoms with Gasteiger partial charge in [-0.25, -0.2) is 0 Å². The summed E-state index contributed by atoms with van der Waals surface area (Å²) in [6, 6.07) is 6.26. The van der Waals surface area contributed by atoms with Crippen molar-refractivity contribution in [3.8, 4) is 5.75 Å². The van der Waals surface area contributed by atoms with Gasteiger partial charge in [-0.1, -0.05) is 26.0 Å². The normalized spacial score (nSPS) is 10.5. The molecule has 0 spiro atoms. The van der Waals surface area contributed by atoms with Gasteiger partial charge in [0.15, 0.2) is 0 Å². The number of benzene rings is 1. The van der Waals surface area contributed by atoms with Crippen molar-refractivity contribution in [2.24, 2.45) is 0 Å². The van der Waals surface area contributed by atoms with Crippen LogP contribution in [-0.4, -0.2) is 6.61 Å². The smallest absolute Gasteiger partial charge is 0.122 e. The molecule has 0 saturated carbocycles. The molecule has 1 heteroatoms. The predicted molar refractivity (Wildman–Crippen MR) is 56.4 cm³/mol. The summed E-state index contributed by atoms with van der Waals surface area (Å²) in [5.74, 6) is 1.59. The van der Waals surface area contributed by atoms with Crippen molar-refractivity contribution < 1.29 is 4.74 Å². The maximum Gasteiger partial charge on any atom is 0.122 e. The Morgan fingerprint density at radius 3 is 2.54 bits per heavy atom. The zero-order valence-corrected chi connectivity index (χ0v) is 8.92. The van der Waals surface area contributed by atoms with Crippen LogP contribution in [0.15, 0.2) is 18.2 Å². The monoisotopic (exact) mass is 178 g/mol. The summed E-state index contributed by atoms with van der Waals surface area (Å²) >= 11 is 0. The number of hydrogen-bond donors (Lipinski definition) is 0. The van der Waals surface area contributed by atoms with E-state index in [2.05, 4.69) is 32.9 Å². The predicted octanol–water partition coefficient (Wildman–Crippen LogP) is 3.52. The SMILES string of the molecule is CCOc1cccc(C(C)C)c1C. The fraction of sp³-hybridized carbons (Fsp3) is 0.500. The summed E-state index contributed by atoms with van der Waals surface area (Å²) < 4.78 is 5.53. The molecule has 0 aliphatic heterocycles. The fourth-order valence-electron chi connectivity index (χ4n) is 1.57. The minimum absolute atomic E-state index is 0.570. The summed E-state index contributed by atoms with van der Waals surface area (Å²) in [7, 11) is 0. The molecule has 1 aromatic rings. The molecule has 0 amide bonds. The Labute approximate surface area is 80.7 Å². The zero-order valence-electron chi connectivity index (χ0n) is 8.92. The first-order valence-electron chi connectivity index (χ1n) is 4.89. The van der Waals surface area contributed by atoms with Crippen molar-refractivity contribution in [2.45, 2.75) is 33.6 Å². The van der Waals surface area contributed by atoms with Crippen molar-refractivity contribution in [1.29, 1.82) is 0 Å². The summed E-state index contributed by atoms with van der Waals surface area (Å²) in [5.41, 5.74) is 2.66. The topological polar surface area (TPSA) is 9.23 Å². The zero-order chi connectivity index (χ0) is 9.84. The molecule has 0 unspecified atom stereocenters. The second kappa shape index (κ2) is 4.31. The molecular formula is C12H18O. The molecule has 0 heterocycles. The fourth-order valence-corrected chi connectivity index (χ4v) is 1.57.